The summed E-state index contributed by atoms with van der Waals surface area (Å²) in [5.74, 6) is -0.258. The van der Waals surface area contributed by atoms with Crippen molar-refractivity contribution in [3.05, 3.63) is 48.5 Å². The lowest BCUT2D eigenvalue weighted by atomic mass is 10.0. The van der Waals surface area contributed by atoms with Gasteiger partial charge >= 0.3 is 5.97 Å². The molecule has 4 nitrogen and oxygen atoms in total. The Labute approximate surface area is 106 Å². The molecular formula is C14H14N2O2. The molecule has 0 spiro atoms. The minimum Gasteiger partial charge on any atom is -0.466 e. The Bertz CT molecular complexity index is 526. The highest BCUT2D eigenvalue weighted by Gasteiger charge is 2.10. The molecule has 0 saturated carbocycles. The Balaban J connectivity index is 2.29. The summed E-state index contributed by atoms with van der Waals surface area (Å²) >= 11 is 0. The van der Waals surface area contributed by atoms with Crippen LogP contribution in [0.3, 0.4) is 0 Å². The van der Waals surface area contributed by atoms with Gasteiger partial charge in [-0.3, -0.25) is 14.8 Å². The first-order valence-electron chi connectivity index (χ1n) is 5.81. The molecule has 0 aliphatic rings. The van der Waals surface area contributed by atoms with Gasteiger partial charge in [0.1, 0.15) is 0 Å². The molecule has 0 saturated heterocycles. The molecule has 92 valence electrons. The van der Waals surface area contributed by atoms with Crippen LogP contribution >= 0.6 is 0 Å². The van der Waals surface area contributed by atoms with Crippen molar-refractivity contribution in [1.82, 2.24) is 9.97 Å². The van der Waals surface area contributed by atoms with Crippen LogP contribution in [0.5, 0.6) is 0 Å². The maximum atomic E-state index is 11.5. The lowest BCUT2D eigenvalue weighted by Gasteiger charge is -2.07. The molecule has 2 rings (SSSR count). The minimum atomic E-state index is -0.258. The number of ether oxygens (including phenoxy) is 1. The van der Waals surface area contributed by atoms with E-state index < -0.39 is 0 Å². The van der Waals surface area contributed by atoms with Crippen LogP contribution in [-0.4, -0.2) is 22.5 Å². The summed E-state index contributed by atoms with van der Waals surface area (Å²) in [4.78, 5) is 19.8. The smallest absolute Gasteiger partial charge is 0.311 e. The molecule has 0 fully saturated rings. The molecule has 2 aromatic heterocycles. The largest absolute Gasteiger partial charge is 0.466 e. The SMILES string of the molecule is CCOC(=O)Cc1ncccc1-c1ccncc1. The molecule has 18 heavy (non-hydrogen) atoms. The monoisotopic (exact) mass is 242 g/mol. The van der Waals surface area contributed by atoms with Crippen LogP contribution in [0.25, 0.3) is 11.1 Å². The maximum absolute atomic E-state index is 11.5. The van der Waals surface area contributed by atoms with Gasteiger partial charge < -0.3 is 4.74 Å². The van der Waals surface area contributed by atoms with Gasteiger partial charge in [0.15, 0.2) is 0 Å². The van der Waals surface area contributed by atoms with Crippen LogP contribution in [0, 0.1) is 0 Å². The summed E-state index contributed by atoms with van der Waals surface area (Å²) in [5.41, 5.74) is 2.66. The molecule has 2 heterocycles. The summed E-state index contributed by atoms with van der Waals surface area (Å²) < 4.78 is 4.95. The second-order valence-corrected chi connectivity index (χ2v) is 3.72. The zero-order valence-corrected chi connectivity index (χ0v) is 10.2. The molecule has 0 radical (unpaired) electrons. The Morgan fingerprint density at radius 2 is 2.00 bits per heavy atom. The Kier molecular flexibility index (Phi) is 4.02. The molecule has 0 aliphatic carbocycles. The summed E-state index contributed by atoms with van der Waals surface area (Å²) in [6, 6.07) is 7.58. The van der Waals surface area contributed by atoms with Gasteiger partial charge in [0, 0.05) is 24.2 Å². The normalized spacial score (nSPS) is 10.1. The molecule has 2 aromatic rings. The second kappa shape index (κ2) is 5.91. The number of rotatable bonds is 4. The number of carbonyl (C=O) groups is 1. The van der Waals surface area contributed by atoms with Gasteiger partial charge in [0.25, 0.3) is 0 Å². The van der Waals surface area contributed by atoms with E-state index in [9.17, 15) is 4.79 Å². The van der Waals surface area contributed by atoms with Crippen LogP contribution in [0.4, 0.5) is 0 Å². The zero-order valence-electron chi connectivity index (χ0n) is 10.2. The first-order valence-corrected chi connectivity index (χ1v) is 5.81. The van der Waals surface area contributed by atoms with Crippen LogP contribution in [0.1, 0.15) is 12.6 Å². The fourth-order valence-corrected chi connectivity index (χ4v) is 1.72. The van der Waals surface area contributed by atoms with Gasteiger partial charge in [-0.1, -0.05) is 6.07 Å². The van der Waals surface area contributed by atoms with E-state index in [1.165, 1.54) is 0 Å². The van der Waals surface area contributed by atoms with Crippen molar-refractivity contribution in [1.29, 1.82) is 0 Å². The Hall–Kier alpha value is -2.23. The van der Waals surface area contributed by atoms with Crippen LogP contribution in [-0.2, 0) is 16.0 Å². The molecule has 0 aromatic carbocycles. The summed E-state index contributed by atoms with van der Waals surface area (Å²) in [5, 5.41) is 0. The molecule has 0 N–H and O–H groups in total. The van der Waals surface area contributed by atoms with Crippen molar-refractivity contribution in [2.75, 3.05) is 6.61 Å². The van der Waals surface area contributed by atoms with E-state index >= 15 is 0 Å². The molecule has 0 bridgehead atoms. The first kappa shape index (κ1) is 12.2. The summed E-state index contributed by atoms with van der Waals surface area (Å²) in [7, 11) is 0. The number of aromatic nitrogens is 2. The van der Waals surface area contributed by atoms with Gasteiger partial charge in [-0.25, -0.2) is 0 Å². The van der Waals surface area contributed by atoms with Gasteiger partial charge in [-0.05, 0) is 30.7 Å². The molecule has 0 unspecified atom stereocenters. The molecule has 0 aliphatic heterocycles. The number of hydrogen-bond acceptors (Lipinski definition) is 4. The highest BCUT2D eigenvalue weighted by molar-refractivity contribution is 5.76. The second-order valence-electron chi connectivity index (χ2n) is 3.72. The molecule has 4 heteroatoms. The Morgan fingerprint density at radius 1 is 1.22 bits per heavy atom. The third kappa shape index (κ3) is 2.91. The van der Waals surface area contributed by atoms with Crippen molar-refractivity contribution < 1.29 is 9.53 Å². The van der Waals surface area contributed by atoms with Crippen molar-refractivity contribution in [2.24, 2.45) is 0 Å². The third-order valence-corrected chi connectivity index (χ3v) is 2.50. The van der Waals surface area contributed by atoms with E-state index in [0.29, 0.717) is 6.61 Å². The van der Waals surface area contributed by atoms with Gasteiger partial charge in [0.05, 0.1) is 18.7 Å². The van der Waals surface area contributed by atoms with Crippen LogP contribution in [0.2, 0.25) is 0 Å². The van der Waals surface area contributed by atoms with Gasteiger partial charge in [-0.2, -0.15) is 0 Å². The van der Waals surface area contributed by atoms with E-state index in [1.54, 1.807) is 25.5 Å². The first-order chi connectivity index (χ1) is 8.81. The molecule has 0 atom stereocenters. The average Bonchev–Trinajstić information content (AvgIpc) is 2.40. The predicted molar refractivity (Wildman–Crippen MR) is 67.8 cm³/mol. The van der Waals surface area contributed by atoms with Gasteiger partial charge in [0.2, 0.25) is 0 Å². The number of hydrogen-bond donors (Lipinski definition) is 0. The number of carbonyl (C=O) groups excluding carboxylic acids is 1. The molecule has 0 amide bonds. The highest BCUT2D eigenvalue weighted by atomic mass is 16.5. The van der Waals surface area contributed by atoms with Crippen LogP contribution in [0.15, 0.2) is 42.9 Å². The fourth-order valence-electron chi connectivity index (χ4n) is 1.72. The number of esters is 1. The predicted octanol–water partition coefficient (Wildman–Crippen LogP) is 2.25. The van der Waals surface area contributed by atoms with E-state index in [4.69, 9.17) is 4.74 Å². The highest BCUT2D eigenvalue weighted by Crippen LogP contribution is 2.21. The maximum Gasteiger partial charge on any atom is 0.311 e. The third-order valence-electron chi connectivity index (χ3n) is 2.50. The average molecular weight is 242 g/mol. The molecular weight excluding hydrogens is 228 g/mol. The van der Waals surface area contributed by atoms with Crippen molar-refractivity contribution in [3.63, 3.8) is 0 Å². The van der Waals surface area contributed by atoms with E-state index in [2.05, 4.69) is 9.97 Å². The van der Waals surface area contributed by atoms with Crippen molar-refractivity contribution in [2.45, 2.75) is 13.3 Å². The van der Waals surface area contributed by atoms with E-state index in [0.717, 1.165) is 16.8 Å². The lowest BCUT2D eigenvalue weighted by molar-refractivity contribution is -0.142. The fraction of sp³-hybridized carbons (Fsp3) is 0.214. The number of pyridine rings is 2. The van der Waals surface area contributed by atoms with E-state index in [1.807, 2.05) is 24.3 Å². The van der Waals surface area contributed by atoms with Crippen molar-refractivity contribution in [3.8, 4) is 11.1 Å². The topological polar surface area (TPSA) is 52.1 Å². The lowest BCUT2D eigenvalue weighted by Crippen LogP contribution is -2.09. The van der Waals surface area contributed by atoms with Crippen LogP contribution < -0.4 is 0 Å². The standard InChI is InChI=1S/C14H14N2O2/c1-2-18-14(17)10-13-12(4-3-7-16-13)11-5-8-15-9-6-11/h3-9H,2,10H2,1H3. The van der Waals surface area contributed by atoms with Gasteiger partial charge in [-0.15, -0.1) is 0 Å². The summed E-state index contributed by atoms with van der Waals surface area (Å²) in [6.07, 6.45) is 5.30. The number of nitrogens with zero attached hydrogens (tertiary/aromatic N) is 2. The Morgan fingerprint density at radius 3 is 2.72 bits per heavy atom. The minimum absolute atomic E-state index is 0.187. The summed E-state index contributed by atoms with van der Waals surface area (Å²) in [6.45, 7) is 2.18. The quantitative estimate of drug-likeness (QED) is 0.772. The van der Waals surface area contributed by atoms with E-state index in [-0.39, 0.29) is 12.4 Å². The zero-order chi connectivity index (χ0) is 12.8. The van der Waals surface area contributed by atoms with Crippen molar-refractivity contribution >= 4 is 5.97 Å².